The molecule has 0 amide bonds. The van der Waals surface area contributed by atoms with E-state index in [-0.39, 0.29) is 5.41 Å². The Hall–Kier alpha value is -0.960. The first kappa shape index (κ1) is 16.1. The first-order valence-electron chi connectivity index (χ1n) is 7.02. The lowest BCUT2D eigenvalue weighted by Gasteiger charge is -2.32. The van der Waals surface area contributed by atoms with E-state index in [4.69, 9.17) is 0 Å². The summed E-state index contributed by atoms with van der Waals surface area (Å²) in [5.74, 6) is -1.54. The number of hydrogen-bond acceptors (Lipinski definition) is 1. The van der Waals surface area contributed by atoms with E-state index < -0.39 is 11.6 Å². The summed E-state index contributed by atoms with van der Waals surface area (Å²) in [6.45, 7) is 9.73. The van der Waals surface area contributed by atoms with Crippen molar-refractivity contribution in [2.24, 2.45) is 5.41 Å². The number of nitrogens with one attached hydrogen (secondary N) is 1. The molecule has 0 saturated carbocycles. The van der Waals surface area contributed by atoms with Crippen molar-refractivity contribution in [1.29, 1.82) is 0 Å². The largest absolute Gasteiger partial charge is 0.313 e. The molecule has 1 aromatic rings. The molecule has 0 radical (unpaired) electrons. The van der Waals surface area contributed by atoms with Crippen molar-refractivity contribution in [2.75, 3.05) is 6.54 Å². The molecule has 1 nitrogen and oxygen atoms in total. The Bertz CT molecular complexity index is 396. The second kappa shape index (κ2) is 6.99. The smallest absolute Gasteiger partial charge is 0.159 e. The molecule has 0 aliphatic carbocycles. The Kier molecular flexibility index (Phi) is 5.92. The van der Waals surface area contributed by atoms with E-state index in [1.165, 1.54) is 12.1 Å². The van der Waals surface area contributed by atoms with E-state index in [1.807, 2.05) is 0 Å². The van der Waals surface area contributed by atoms with E-state index in [0.29, 0.717) is 6.04 Å². The van der Waals surface area contributed by atoms with Crippen molar-refractivity contribution < 1.29 is 8.78 Å². The summed E-state index contributed by atoms with van der Waals surface area (Å²) in [6.07, 6.45) is 2.78. The lowest BCUT2D eigenvalue weighted by atomic mass is 9.83. The van der Waals surface area contributed by atoms with Crippen LogP contribution in [0.25, 0.3) is 0 Å². The van der Waals surface area contributed by atoms with Gasteiger partial charge in [0.05, 0.1) is 0 Å². The topological polar surface area (TPSA) is 12.0 Å². The summed E-state index contributed by atoms with van der Waals surface area (Å²) in [7, 11) is 0. The second-order valence-electron chi connectivity index (χ2n) is 6.16. The van der Waals surface area contributed by atoms with Gasteiger partial charge in [-0.3, -0.25) is 0 Å². The fourth-order valence-corrected chi connectivity index (χ4v) is 2.17. The van der Waals surface area contributed by atoms with Crippen molar-refractivity contribution in [2.45, 2.75) is 53.0 Å². The maximum Gasteiger partial charge on any atom is 0.159 e. The van der Waals surface area contributed by atoms with Gasteiger partial charge in [-0.05, 0) is 48.9 Å². The Morgan fingerprint density at radius 3 is 2.37 bits per heavy atom. The minimum Gasteiger partial charge on any atom is -0.313 e. The third-order valence-corrected chi connectivity index (χ3v) is 3.39. The molecule has 0 saturated heterocycles. The highest BCUT2D eigenvalue weighted by Crippen LogP contribution is 2.23. The van der Waals surface area contributed by atoms with E-state index >= 15 is 0 Å². The molecule has 1 aromatic carbocycles. The number of aryl methyl sites for hydroxylation is 1. The highest BCUT2D eigenvalue weighted by molar-refractivity contribution is 5.18. The number of benzene rings is 1. The molecule has 19 heavy (non-hydrogen) atoms. The Morgan fingerprint density at radius 1 is 1.16 bits per heavy atom. The predicted molar refractivity (Wildman–Crippen MR) is 76.2 cm³/mol. The molecule has 0 bridgehead atoms. The standard InChI is InChI=1S/C16H25F2N/c1-5-10-19-15(16(2,3)4)9-7-12-6-8-13(17)14(18)11-12/h6,8,11,15,19H,5,7,9-10H2,1-4H3. The van der Waals surface area contributed by atoms with Crippen LogP contribution in [0.4, 0.5) is 8.78 Å². The van der Waals surface area contributed by atoms with Gasteiger partial charge in [-0.2, -0.15) is 0 Å². The van der Waals surface area contributed by atoms with Crippen LogP contribution in [0.1, 0.15) is 46.1 Å². The highest BCUT2D eigenvalue weighted by Gasteiger charge is 2.23. The normalized spacial score (nSPS) is 13.6. The van der Waals surface area contributed by atoms with Gasteiger partial charge in [0.2, 0.25) is 0 Å². The fraction of sp³-hybridized carbons (Fsp3) is 0.625. The Labute approximate surface area is 115 Å². The lowest BCUT2D eigenvalue weighted by molar-refractivity contribution is 0.255. The molecule has 0 spiro atoms. The van der Waals surface area contributed by atoms with Crippen molar-refractivity contribution in [1.82, 2.24) is 5.32 Å². The van der Waals surface area contributed by atoms with E-state index in [2.05, 4.69) is 33.0 Å². The van der Waals surface area contributed by atoms with Gasteiger partial charge in [-0.25, -0.2) is 8.78 Å². The molecule has 108 valence electrons. The predicted octanol–water partition coefficient (Wildman–Crippen LogP) is 4.31. The van der Waals surface area contributed by atoms with Gasteiger partial charge < -0.3 is 5.32 Å². The zero-order chi connectivity index (χ0) is 14.5. The van der Waals surface area contributed by atoms with Gasteiger partial charge >= 0.3 is 0 Å². The van der Waals surface area contributed by atoms with Gasteiger partial charge in [-0.15, -0.1) is 0 Å². The summed E-state index contributed by atoms with van der Waals surface area (Å²) >= 11 is 0. The number of hydrogen-bond donors (Lipinski definition) is 1. The first-order chi connectivity index (χ1) is 8.84. The Morgan fingerprint density at radius 2 is 1.84 bits per heavy atom. The van der Waals surface area contributed by atoms with Gasteiger partial charge in [-0.1, -0.05) is 33.8 Å². The van der Waals surface area contributed by atoms with Crippen LogP contribution in [0, 0.1) is 17.0 Å². The summed E-state index contributed by atoms with van der Waals surface area (Å²) in [5.41, 5.74) is 1.01. The molecule has 1 atom stereocenters. The minimum atomic E-state index is -0.778. The van der Waals surface area contributed by atoms with Crippen molar-refractivity contribution in [3.63, 3.8) is 0 Å². The molecule has 0 aliphatic heterocycles. The first-order valence-corrected chi connectivity index (χ1v) is 7.02. The molecule has 1 N–H and O–H groups in total. The maximum absolute atomic E-state index is 13.1. The quantitative estimate of drug-likeness (QED) is 0.811. The zero-order valence-corrected chi connectivity index (χ0v) is 12.4. The number of halogens is 2. The summed E-state index contributed by atoms with van der Waals surface area (Å²) in [6, 6.07) is 4.55. The van der Waals surface area contributed by atoms with Crippen molar-refractivity contribution >= 4 is 0 Å². The van der Waals surface area contributed by atoms with Crippen molar-refractivity contribution in [3.8, 4) is 0 Å². The maximum atomic E-state index is 13.1. The molecule has 0 fully saturated rings. The molecule has 0 heterocycles. The summed E-state index contributed by atoms with van der Waals surface area (Å²) in [5, 5.41) is 3.54. The molecular weight excluding hydrogens is 244 g/mol. The summed E-state index contributed by atoms with van der Waals surface area (Å²) < 4.78 is 26.0. The highest BCUT2D eigenvalue weighted by atomic mass is 19.2. The van der Waals surface area contributed by atoms with Gasteiger partial charge in [0, 0.05) is 6.04 Å². The monoisotopic (exact) mass is 269 g/mol. The molecule has 0 aliphatic rings. The summed E-state index contributed by atoms with van der Waals surface area (Å²) in [4.78, 5) is 0. The average molecular weight is 269 g/mol. The fourth-order valence-electron chi connectivity index (χ4n) is 2.17. The van der Waals surface area contributed by atoms with Crippen LogP contribution in [-0.4, -0.2) is 12.6 Å². The van der Waals surface area contributed by atoms with Gasteiger partial charge in [0.15, 0.2) is 11.6 Å². The van der Waals surface area contributed by atoms with Crippen LogP contribution < -0.4 is 5.32 Å². The lowest BCUT2D eigenvalue weighted by Crippen LogP contribution is -2.41. The third-order valence-electron chi connectivity index (χ3n) is 3.39. The second-order valence-corrected chi connectivity index (χ2v) is 6.16. The number of rotatable bonds is 6. The third kappa shape index (κ3) is 5.27. The van der Waals surface area contributed by atoms with E-state index in [1.54, 1.807) is 6.07 Å². The molecule has 0 aromatic heterocycles. The van der Waals surface area contributed by atoms with Gasteiger partial charge in [0.1, 0.15) is 0 Å². The zero-order valence-electron chi connectivity index (χ0n) is 12.4. The van der Waals surface area contributed by atoms with Crippen LogP contribution in [0.3, 0.4) is 0 Å². The molecule has 3 heteroatoms. The van der Waals surface area contributed by atoms with Crippen LogP contribution in [-0.2, 0) is 6.42 Å². The minimum absolute atomic E-state index is 0.160. The van der Waals surface area contributed by atoms with Crippen LogP contribution in [0.15, 0.2) is 18.2 Å². The van der Waals surface area contributed by atoms with Crippen LogP contribution in [0.2, 0.25) is 0 Å². The van der Waals surface area contributed by atoms with E-state index in [0.717, 1.165) is 31.4 Å². The van der Waals surface area contributed by atoms with Crippen LogP contribution >= 0.6 is 0 Å². The van der Waals surface area contributed by atoms with E-state index in [9.17, 15) is 8.78 Å². The molecule has 1 rings (SSSR count). The Balaban J connectivity index is 2.62. The van der Waals surface area contributed by atoms with Crippen molar-refractivity contribution in [3.05, 3.63) is 35.4 Å². The van der Waals surface area contributed by atoms with Crippen LogP contribution in [0.5, 0.6) is 0 Å². The molecule has 1 unspecified atom stereocenters. The van der Waals surface area contributed by atoms with Gasteiger partial charge in [0.25, 0.3) is 0 Å². The molecular formula is C16H25F2N. The SMILES string of the molecule is CCCNC(CCc1ccc(F)c(F)c1)C(C)(C)C. The average Bonchev–Trinajstić information content (AvgIpc) is 2.32.